The number of rotatable bonds is 0. The topological polar surface area (TPSA) is 23.5 Å². The molecule has 2 heteroatoms. The summed E-state index contributed by atoms with van der Waals surface area (Å²) < 4.78 is 0. The third kappa shape index (κ3) is 14200. The highest BCUT2D eigenvalue weighted by Gasteiger charge is 1.58. The molecule has 0 heterocycles. The summed E-state index contributed by atoms with van der Waals surface area (Å²) in [6, 6.07) is 0. The third-order valence-corrected chi connectivity index (χ3v) is 0. The van der Waals surface area contributed by atoms with Gasteiger partial charge in [0.2, 0.25) is 0 Å². The molecule has 0 fully saturated rings. The second-order valence-electron chi connectivity index (χ2n) is 1.34. The summed E-state index contributed by atoms with van der Waals surface area (Å²) in [7, 11) is 7.00. The minimum atomic E-state index is 0. The van der Waals surface area contributed by atoms with Crippen LogP contribution in [-0.4, -0.2) is 38.3 Å². The largest absolute Gasteiger partial charge is 0.400 e. The molecular formula is C5H17NO. The summed E-state index contributed by atoms with van der Waals surface area (Å²) in [5, 5.41) is 7.00. The quantitative estimate of drug-likeness (QED) is 0.485. The average Bonchev–Trinajstić information content (AvgIpc) is 1.41. The van der Waals surface area contributed by atoms with Gasteiger partial charge in [-0.3, -0.25) is 0 Å². The van der Waals surface area contributed by atoms with Crippen molar-refractivity contribution in [2.24, 2.45) is 0 Å². The molecule has 48 valence electrons. The van der Waals surface area contributed by atoms with Crippen LogP contribution in [0.15, 0.2) is 0 Å². The van der Waals surface area contributed by atoms with Crippen LogP contribution in [0.4, 0.5) is 0 Å². The van der Waals surface area contributed by atoms with E-state index < -0.39 is 0 Å². The van der Waals surface area contributed by atoms with E-state index in [0.29, 0.717) is 0 Å². The van der Waals surface area contributed by atoms with Crippen molar-refractivity contribution in [1.82, 2.24) is 4.90 Å². The molecular weight excluding hydrogens is 90.1 g/mol. The Balaban J connectivity index is -0.0000000480. The normalized spacial score (nSPS) is 6.00. The van der Waals surface area contributed by atoms with Gasteiger partial charge in [-0.15, -0.1) is 0 Å². The summed E-state index contributed by atoms with van der Waals surface area (Å²) in [6.45, 7) is 0. The predicted octanol–water partition coefficient (Wildman–Crippen LogP) is 0.422. The van der Waals surface area contributed by atoms with Crippen molar-refractivity contribution in [2.45, 2.75) is 7.43 Å². The number of hydrogen-bond donors (Lipinski definition) is 1. The molecule has 0 aliphatic heterocycles. The van der Waals surface area contributed by atoms with Crippen LogP contribution in [-0.2, 0) is 0 Å². The highest BCUT2D eigenvalue weighted by molar-refractivity contribution is 4.09. The van der Waals surface area contributed by atoms with Gasteiger partial charge in [-0.1, -0.05) is 7.43 Å². The Kier molecular flexibility index (Phi) is 37.9. The molecule has 0 aromatic heterocycles. The van der Waals surface area contributed by atoms with Crippen molar-refractivity contribution < 1.29 is 5.11 Å². The third-order valence-electron chi connectivity index (χ3n) is 0. The lowest BCUT2D eigenvalue weighted by Gasteiger charge is -1.90. The van der Waals surface area contributed by atoms with Crippen LogP contribution in [0.3, 0.4) is 0 Å². The SMILES string of the molecule is C.CN(C)C.CO. The Morgan fingerprint density at radius 1 is 1.00 bits per heavy atom. The Bertz CT molecular complexity index is 12.8. The molecule has 0 amide bonds. The van der Waals surface area contributed by atoms with Crippen molar-refractivity contribution in [1.29, 1.82) is 0 Å². The van der Waals surface area contributed by atoms with Crippen molar-refractivity contribution in [3.8, 4) is 0 Å². The average molecular weight is 107 g/mol. The van der Waals surface area contributed by atoms with Crippen molar-refractivity contribution in [3.05, 3.63) is 0 Å². The summed E-state index contributed by atoms with van der Waals surface area (Å²) in [5.41, 5.74) is 0. The molecule has 0 bridgehead atoms. The van der Waals surface area contributed by atoms with E-state index in [0.717, 1.165) is 7.11 Å². The second kappa shape index (κ2) is 16.8. The summed E-state index contributed by atoms with van der Waals surface area (Å²) >= 11 is 0. The van der Waals surface area contributed by atoms with Gasteiger partial charge in [0.1, 0.15) is 0 Å². The molecule has 0 saturated heterocycles. The minimum Gasteiger partial charge on any atom is -0.400 e. The van der Waals surface area contributed by atoms with Crippen LogP contribution < -0.4 is 0 Å². The van der Waals surface area contributed by atoms with Gasteiger partial charge in [0.25, 0.3) is 0 Å². The summed E-state index contributed by atoms with van der Waals surface area (Å²) in [4.78, 5) is 2.00. The Hall–Kier alpha value is -0.0800. The zero-order chi connectivity index (χ0) is 5.58. The smallest absolute Gasteiger partial charge is 0.0319 e. The lowest BCUT2D eigenvalue weighted by Crippen LogP contribution is -1.99. The van der Waals surface area contributed by atoms with Crippen LogP contribution in [0.5, 0.6) is 0 Å². The first-order valence-corrected chi connectivity index (χ1v) is 1.79. The molecule has 0 rings (SSSR count). The number of aliphatic hydroxyl groups excluding tert-OH is 1. The lowest BCUT2D eigenvalue weighted by molar-refractivity contribution is 0.399. The summed E-state index contributed by atoms with van der Waals surface area (Å²) in [6.07, 6.45) is 0. The number of nitrogens with zero attached hydrogens (tertiary/aromatic N) is 1. The van der Waals surface area contributed by atoms with E-state index in [1.165, 1.54) is 0 Å². The zero-order valence-corrected chi connectivity index (χ0v) is 4.89. The molecule has 1 N–H and O–H groups in total. The van der Waals surface area contributed by atoms with Gasteiger partial charge in [-0.2, -0.15) is 0 Å². The highest BCUT2D eigenvalue weighted by atomic mass is 16.2. The molecule has 0 radical (unpaired) electrons. The van der Waals surface area contributed by atoms with Crippen LogP contribution in [0.25, 0.3) is 0 Å². The molecule has 0 aromatic carbocycles. The van der Waals surface area contributed by atoms with Gasteiger partial charge >= 0.3 is 0 Å². The first-order valence-electron chi connectivity index (χ1n) is 1.79. The van der Waals surface area contributed by atoms with Crippen molar-refractivity contribution in [3.63, 3.8) is 0 Å². The van der Waals surface area contributed by atoms with E-state index >= 15 is 0 Å². The van der Waals surface area contributed by atoms with Gasteiger partial charge in [0.05, 0.1) is 0 Å². The van der Waals surface area contributed by atoms with Crippen LogP contribution in [0, 0.1) is 0 Å². The molecule has 7 heavy (non-hydrogen) atoms. The van der Waals surface area contributed by atoms with Crippen LogP contribution in [0.2, 0.25) is 0 Å². The van der Waals surface area contributed by atoms with Crippen LogP contribution in [0.1, 0.15) is 7.43 Å². The van der Waals surface area contributed by atoms with Crippen molar-refractivity contribution in [2.75, 3.05) is 28.3 Å². The van der Waals surface area contributed by atoms with E-state index in [1.54, 1.807) is 0 Å². The minimum absolute atomic E-state index is 0. The van der Waals surface area contributed by atoms with E-state index in [9.17, 15) is 0 Å². The second-order valence-corrected chi connectivity index (χ2v) is 1.34. The van der Waals surface area contributed by atoms with Gasteiger partial charge < -0.3 is 10.0 Å². The Morgan fingerprint density at radius 3 is 1.00 bits per heavy atom. The fourth-order valence-electron chi connectivity index (χ4n) is 0. The molecule has 0 saturated carbocycles. The van der Waals surface area contributed by atoms with E-state index in [2.05, 4.69) is 0 Å². The fraction of sp³-hybridized carbons (Fsp3) is 1.00. The van der Waals surface area contributed by atoms with E-state index in [1.807, 2.05) is 26.0 Å². The number of aliphatic hydroxyl groups is 1. The van der Waals surface area contributed by atoms with Gasteiger partial charge in [0, 0.05) is 7.11 Å². The molecule has 0 aliphatic carbocycles. The maximum atomic E-state index is 7.00. The van der Waals surface area contributed by atoms with Gasteiger partial charge in [0.15, 0.2) is 0 Å². The maximum Gasteiger partial charge on any atom is 0.0319 e. The first kappa shape index (κ1) is 15.8. The molecule has 0 atom stereocenters. The fourth-order valence-corrected chi connectivity index (χ4v) is 0. The number of hydrogen-bond acceptors (Lipinski definition) is 2. The molecule has 0 unspecified atom stereocenters. The van der Waals surface area contributed by atoms with E-state index in [4.69, 9.17) is 5.11 Å². The molecule has 0 spiro atoms. The predicted molar refractivity (Wildman–Crippen MR) is 34.5 cm³/mol. The van der Waals surface area contributed by atoms with Crippen molar-refractivity contribution >= 4 is 0 Å². The Labute approximate surface area is 46.8 Å². The van der Waals surface area contributed by atoms with E-state index in [-0.39, 0.29) is 7.43 Å². The standard InChI is InChI=1S/C3H9N.CH4O.CH4/c1-4(2)3;1-2;/h1-3H3;2H,1H3;1H4. The highest BCUT2D eigenvalue weighted by Crippen LogP contribution is 1.47. The van der Waals surface area contributed by atoms with Gasteiger partial charge in [-0.05, 0) is 21.1 Å². The molecule has 0 aromatic rings. The monoisotopic (exact) mass is 107 g/mol. The first-order chi connectivity index (χ1) is 2.73. The van der Waals surface area contributed by atoms with Crippen LogP contribution >= 0.6 is 0 Å². The molecule has 0 aliphatic rings. The summed E-state index contributed by atoms with van der Waals surface area (Å²) in [5.74, 6) is 0. The molecule has 2 nitrogen and oxygen atoms in total. The zero-order valence-electron chi connectivity index (χ0n) is 4.89. The Morgan fingerprint density at radius 2 is 1.00 bits per heavy atom. The lowest BCUT2D eigenvalue weighted by atomic mass is 11.0. The van der Waals surface area contributed by atoms with Gasteiger partial charge in [-0.25, -0.2) is 0 Å². The maximum absolute atomic E-state index is 7.00.